The van der Waals surface area contributed by atoms with Crippen LogP contribution in [0.5, 0.6) is 0 Å². The third-order valence-electron chi connectivity index (χ3n) is 1.58. The van der Waals surface area contributed by atoms with Crippen molar-refractivity contribution in [3.63, 3.8) is 0 Å². The van der Waals surface area contributed by atoms with Gasteiger partial charge in [0.05, 0.1) is 0 Å². The summed E-state index contributed by atoms with van der Waals surface area (Å²) in [5, 5.41) is 0.507. The molecule has 0 saturated carbocycles. The highest BCUT2D eigenvalue weighted by Crippen LogP contribution is 2.12. The maximum absolute atomic E-state index is 11.0. The largest absolute Gasteiger partial charge is 0.356 e. The fourth-order valence-electron chi connectivity index (χ4n) is 0.962. The smallest absolute Gasteiger partial charge is 0.326 e. The Balaban J connectivity index is 2.64. The molecule has 0 atom stereocenters. The van der Waals surface area contributed by atoms with Crippen molar-refractivity contribution >= 4 is 17.8 Å². The minimum atomic E-state index is -0.802. The van der Waals surface area contributed by atoms with Crippen LogP contribution in [0.1, 0.15) is 19.3 Å². The number of hydrogen-bond donors (Lipinski definition) is 0. The zero-order valence-electron chi connectivity index (χ0n) is 6.99. The van der Waals surface area contributed by atoms with Crippen molar-refractivity contribution < 1.29 is 19.2 Å². The number of amides is 2. The van der Waals surface area contributed by atoms with E-state index in [1.165, 1.54) is 0 Å². The summed E-state index contributed by atoms with van der Waals surface area (Å²) in [7, 11) is 0. The molecule has 5 heteroatoms. The number of hydrogen-bond acceptors (Lipinski definition) is 4. The first-order valence-electron chi connectivity index (χ1n) is 3.85. The molecule has 0 aromatic carbocycles. The van der Waals surface area contributed by atoms with Crippen molar-refractivity contribution in [1.29, 1.82) is 0 Å². The van der Waals surface area contributed by atoms with Gasteiger partial charge in [0.2, 0.25) is 0 Å². The molecule has 0 unspecified atom stereocenters. The molecule has 2 amide bonds. The van der Waals surface area contributed by atoms with Crippen LogP contribution >= 0.6 is 0 Å². The zero-order valence-corrected chi connectivity index (χ0v) is 6.99. The molecular formula is C8H9NO4. The van der Waals surface area contributed by atoms with Gasteiger partial charge in [0, 0.05) is 18.9 Å². The molecule has 0 N–H and O–H groups in total. The van der Waals surface area contributed by atoms with Gasteiger partial charge in [-0.25, -0.2) is 4.79 Å². The van der Waals surface area contributed by atoms with E-state index in [0.717, 1.165) is 6.08 Å². The van der Waals surface area contributed by atoms with Crippen molar-refractivity contribution in [3.8, 4) is 0 Å². The van der Waals surface area contributed by atoms with Crippen LogP contribution in [0, 0.1) is 0 Å². The van der Waals surface area contributed by atoms with E-state index in [0.29, 0.717) is 11.5 Å². The van der Waals surface area contributed by atoms with Crippen LogP contribution < -0.4 is 0 Å². The average molecular weight is 183 g/mol. The Morgan fingerprint density at radius 3 is 2.38 bits per heavy atom. The van der Waals surface area contributed by atoms with Gasteiger partial charge in [0.1, 0.15) is 0 Å². The summed E-state index contributed by atoms with van der Waals surface area (Å²) in [6, 6.07) is 0. The first kappa shape index (κ1) is 9.44. The number of piperidine rings is 1. The second-order valence-electron chi connectivity index (χ2n) is 2.55. The van der Waals surface area contributed by atoms with E-state index in [9.17, 15) is 14.4 Å². The highest BCUT2D eigenvalue weighted by Gasteiger charge is 2.28. The normalized spacial score (nSPS) is 17.1. The number of rotatable bonds is 2. The van der Waals surface area contributed by atoms with Crippen molar-refractivity contribution in [2.75, 3.05) is 0 Å². The predicted molar refractivity (Wildman–Crippen MR) is 42.0 cm³/mol. The van der Waals surface area contributed by atoms with Crippen molar-refractivity contribution in [3.05, 3.63) is 12.7 Å². The quantitative estimate of drug-likeness (QED) is 0.452. The van der Waals surface area contributed by atoms with Gasteiger partial charge in [0.25, 0.3) is 11.8 Å². The maximum Gasteiger partial charge on any atom is 0.356 e. The third-order valence-corrected chi connectivity index (χ3v) is 1.58. The molecule has 0 aromatic heterocycles. The fourth-order valence-corrected chi connectivity index (χ4v) is 0.962. The summed E-state index contributed by atoms with van der Waals surface area (Å²) in [5.41, 5.74) is 0. The van der Waals surface area contributed by atoms with E-state index >= 15 is 0 Å². The molecule has 0 aliphatic carbocycles. The van der Waals surface area contributed by atoms with Crippen LogP contribution in [0.4, 0.5) is 0 Å². The second kappa shape index (κ2) is 3.84. The molecule has 0 spiro atoms. The van der Waals surface area contributed by atoms with Gasteiger partial charge in [0.15, 0.2) is 0 Å². The number of carbonyl (C=O) groups excluding carboxylic acids is 3. The molecule has 1 saturated heterocycles. The predicted octanol–water partition coefficient (Wildman–Crippen LogP) is 0.170. The first-order chi connectivity index (χ1) is 6.15. The number of hydroxylamine groups is 2. The maximum atomic E-state index is 11.0. The van der Waals surface area contributed by atoms with Crippen LogP contribution in [0.2, 0.25) is 0 Å². The van der Waals surface area contributed by atoms with Crippen molar-refractivity contribution in [2.24, 2.45) is 0 Å². The minimum absolute atomic E-state index is 0.232. The monoisotopic (exact) mass is 183 g/mol. The molecule has 0 bridgehead atoms. The molecule has 1 fully saturated rings. The Kier molecular flexibility index (Phi) is 2.79. The lowest BCUT2D eigenvalue weighted by Crippen LogP contribution is -2.41. The average Bonchev–Trinajstić information content (AvgIpc) is 2.11. The lowest BCUT2D eigenvalue weighted by Gasteiger charge is -2.21. The molecule has 1 aliphatic heterocycles. The molecule has 0 aromatic rings. The van der Waals surface area contributed by atoms with E-state index in [2.05, 4.69) is 11.4 Å². The molecule has 13 heavy (non-hydrogen) atoms. The lowest BCUT2D eigenvalue weighted by atomic mass is 10.1. The Bertz CT molecular complexity index is 255. The second-order valence-corrected chi connectivity index (χ2v) is 2.55. The molecular weight excluding hydrogens is 174 g/mol. The fraction of sp³-hybridized carbons (Fsp3) is 0.375. The van der Waals surface area contributed by atoms with E-state index in [4.69, 9.17) is 0 Å². The van der Waals surface area contributed by atoms with Gasteiger partial charge in [-0.3, -0.25) is 9.59 Å². The Hall–Kier alpha value is -1.65. The van der Waals surface area contributed by atoms with Crippen LogP contribution in [0.15, 0.2) is 12.7 Å². The molecule has 1 heterocycles. The Labute approximate surface area is 74.9 Å². The highest BCUT2D eigenvalue weighted by atomic mass is 16.7. The van der Waals surface area contributed by atoms with Crippen LogP contribution in [-0.2, 0) is 19.2 Å². The summed E-state index contributed by atoms with van der Waals surface area (Å²) in [5.74, 6) is -1.76. The Morgan fingerprint density at radius 2 is 1.92 bits per heavy atom. The molecule has 1 rings (SSSR count). The minimum Gasteiger partial charge on any atom is -0.326 e. The zero-order chi connectivity index (χ0) is 9.84. The SMILES string of the molecule is C=CC(=O)ON1C(=O)CCCC1=O. The van der Waals surface area contributed by atoms with Gasteiger partial charge < -0.3 is 4.84 Å². The summed E-state index contributed by atoms with van der Waals surface area (Å²) in [6.45, 7) is 3.15. The van der Waals surface area contributed by atoms with E-state index < -0.39 is 17.8 Å². The van der Waals surface area contributed by atoms with Gasteiger partial charge in [-0.05, 0) is 6.42 Å². The third kappa shape index (κ3) is 2.14. The topological polar surface area (TPSA) is 63.7 Å². The molecule has 0 radical (unpaired) electrons. The lowest BCUT2D eigenvalue weighted by molar-refractivity contribution is -0.201. The van der Waals surface area contributed by atoms with E-state index in [1.54, 1.807) is 0 Å². The highest BCUT2D eigenvalue weighted by molar-refractivity contribution is 5.98. The van der Waals surface area contributed by atoms with Crippen molar-refractivity contribution in [2.45, 2.75) is 19.3 Å². The number of carbonyl (C=O) groups is 3. The van der Waals surface area contributed by atoms with Crippen LogP contribution in [-0.4, -0.2) is 22.8 Å². The molecule has 5 nitrogen and oxygen atoms in total. The first-order valence-corrected chi connectivity index (χ1v) is 3.85. The molecule has 70 valence electrons. The molecule has 1 aliphatic rings. The standard InChI is InChI=1S/C8H9NO4/c1-2-8(12)13-9-6(10)4-3-5-7(9)11/h2H,1,3-5H2. The van der Waals surface area contributed by atoms with Crippen LogP contribution in [0.25, 0.3) is 0 Å². The summed E-state index contributed by atoms with van der Waals surface area (Å²) in [6.07, 6.45) is 1.88. The number of nitrogens with zero attached hydrogens (tertiary/aromatic N) is 1. The Morgan fingerprint density at radius 1 is 1.38 bits per heavy atom. The number of imide groups is 1. The van der Waals surface area contributed by atoms with Crippen LogP contribution in [0.3, 0.4) is 0 Å². The van der Waals surface area contributed by atoms with Gasteiger partial charge in [-0.2, -0.15) is 0 Å². The van der Waals surface area contributed by atoms with Crippen molar-refractivity contribution in [1.82, 2.24) is 5.06 Å². The summed E-state index contributed by atoms with van der Waals surface area (Å²) >= 11 is 0. The van der Waals surface area contributed by atoms with Gasteiger partial charge in [-0.15, -0.1) is 5.06 Å². The van der Waals surface area contributed by atoms with Gasteiger partial charge in [-0.1, -0.05) is 6.58 Å². The summed E-state index contributed by atoms with van der Waals surface area (Å²) in [4.78, 5) is 37.2. The van der Waals surface area contributed by atoms with E-state index in [1.807, 2.05) is 0 Å². The van der Waals surface area contributed by atoms with E-state index in [-0.39, 0.29) is 12.8 Å². The summed E-state index contributed by atoms with van der Waals surface area (Å²) < 4.78 is 0. The van der Waals surface area contributed by atoms with Gasteiger partial charge >= 0.3 is 5.97 Å².